The maximum Gasteiger partial charge on any atom is 0.417 e. The minimum Gasteiger partial charge on any atom is -0.309 e. The first-order valence-corrected chi connectivity index (χ1v) is 25.9. The monoisotopic (exact) mass is 995 g/mol. The normalized spacial score (nSPS) is 12.3. The van der Waals surface area contributed by atoms with Crippen LogP contribution < -0.4 is 0 Å². The molecule has 5 nitrogen and oxygen atoms in total. The van der Waals surface area contributed by atoms with Gasteiger partial charge in [-0.1, -0.05) is 164 Å². The van der Waals surface area contributed by atoms with Crippen LogP contribution in [0.25, 0.3) is 141 Å². The molecule has 0 N–H and O–H groups in total. The zero-order valence-corrected chi connectivity index (χ0v) is 40.6. The average molecular weight is 996 g/mol. The van der Waals surface area contributed by atoms with Crippen molar-refractivity contribution >= 4 is 107 Å². The Hall–Kier alpha value is -8.96. The van der Waals surface area contributed by atoms with Crippen LogP contribution >= 0.6 is 22.7 Å². The summed E-state index contributed by atoms with van der Waals surface area (Å²) < 4.78 is 58.5. The topological polar surface area (TPSA) is 48.5 Å². The number of halogens is 3. The molecule has 10 heteroatoms. The molecular weight excluding hydrogens is 960 g/mol. The number of aromatic nitrogens is 5. The highest BCUT2D eigenvalue weighted by molar-refractivity contribution is 7.27. The maximum atomic E-state index is 16.6. The van der Waals surface area contributed by atoms with Crippen molar-refractivity contribution in [3.63, 3.8) is 0 Å². The van der Waals surface area contributed by atoms with Gasteiger partial charge in [-0.15, -0.1) is 22.7 Å². The van der Waals surface area contributed by atoms with E-state index < -0.39 is 11.7 Å². The molecule has 0 unspecified atom stereocenters. The number of benzene rings is 10. The number of rotatable bonds is 6. The average Bonchev–Trinajstić information content (AvgIpc) is 4.27. The Morgan fingerprint density at radius 3 is 1.28 bits per heavy atom. The number of fused-ring (bicyclic) bond motifs is 14. The van der Waals surface area contributed by atoms with Gasteiger partial charge in [0, 0.05) is 89.7 Å². The highest BCUT2D eigenvalue weighted by Crippen LogP contribution is 2.51. The zero-order valence-electron chi connectivity index (χ0n) is 39.0. The minimum atomic E-state index is -4.80. The van der Waals surface area contributed by atoms with Crippen LogP contribution in [0, 0.1) is 0 Å². The van der Waals surface area contributed by atoms with Crippen LogP contribution in [0.4, 0.5) is 13.2 Å². The predicted octanol–water partition coefficient (Wildman–Crippen LogP) is 18.5. The first-order chi connectivity index (χ1) is 36.4. The van der Waals surface area contributed by atoms with Gasteiger partial charge in [-0.05, 0) is 54.6 Å². The molecular formula is C64H36F3N5S2. The van der Waals surface area contributed by atoms with E-state index in [1.807, 2.05) is 132 Å². The van der Waals surface area contributed by atoms with E-state index in [0.717, 1.165) is 95.1 Å². The van der Waals surface area contributed by atoms with Crippen LogP contribution in [0.2, 0.25) is 0 Å². The lowest BCUT2D eigenvalue weighted by molar-refractivity contribution is -0.137. The molecule has 0 amide bonds. The van der Waals surface area contributed by atoms with Crippen LogP contribution in [0.15, 0.2) is 218 Å². The van der Waals surface area contributed by atoms with Crippen molar-refractivity contribution < 1.29 is 13.2 Å². The molecule has 5 heterocycles. The third kappa shape index (κ3) is 6.38. The Morgan fingerprint density at radius 1 is 0.338 bits per heavy atom. The molecule has 0 radical (unpaired) electrons. The summed E-state index contributed by atoms with van der Waals surface area (Å²) in [6, 6.07) is 71.1. The molecule has 0 saturated carbocycles. The summed E-state index contributed by atoms with van der Waals surface area (Å²) >= 11 is 3.44. The van der Waals surface area contributed by atoms with E-state index in [0.29, 0.717) is 34.2 Å². The molecule has 15 rings (SSSR count). The van der Waals surface area contributed by atoms with Gasteiger partial charge in [0.05, 0.1) is 39.0 Å². The SMILES string of the molecule is FC(F)(F)c1cccc(-n2c3ccccc3c3c4sc5ccccc5c4ccc32)c1-c1c(-c2nc(-c3ccccc3)nc(-c3ccccc3)n2)cccc1-n1c2ccccc2c2c3sc4ccccc4c3ccc21. The maximum absolute atomic E-state index is 16.6. The Kier molecular flexibility index (Phi) is 9.39. The van der Waals surface area contributed by atoms with Crippen molar-refractivity contribution in [1.29, 1.82) is 0 Å². The lowest BCUT2D eigenvalue weighted by Crippen LogP contribution is -2.12. The van der Waals surface area contributed by atoms with Crippen LogP contribution in [0.5, 0.6) is 0 Å². The van der Waals surface area contributed by atoms with E-state index in [9.17, 15) is 0 Å². The number of alkyl halides is 3. The standard InChI is InChI=1S/C64H36F3N5S2/c65-64(66,67)46-26-16-30-50(72-48-28-12-8-24-44(48)57-52(72)36-34-42-40-22-10-14-32-54(40)74-60(42)57)58(46)55-45(63-69-61(37-17-3-1-4-18-37)68-62(70-63)38-19-5-2-6-20-38)25-15-29-49(55)71-47-27-11-7-23-43(47)56-51(71)35-33-41-39-21-9-13-31-53(39)73-59(41)56/h1-36H. The van der Waals surface area contributed by atoms with Gasteiger partial charge < -0.3 is 9.13 Å². The molecule has 0 saturated heterocycles. The van der Waals surface area contributed by atoms with Crippen molar-refractivity contribution in [3.05, 3.63) is 224 Å². The van der Waals surface area contributed by atoms with Crippen LogP contribution in [-0.2, 0) is 6.18 Å². The molecule has 15 aromatic rings. The Balaban J connectivity index is 1.12. The van der Waals surface area contributed by atoms with E-state index in [1.165, 1.54) is 12.1 Å². The van der Waals surface area contributed by atoms with E-state index in [2.05, 4.69) is 83.4 Å². The van der Waals surface area contributed by atoms with Crippen molar-refractivity contribution in [2.24, 2.45) is 0 Å². The summed E-state index contributed by atoms with van der Waals surface area (Å²) in [6.45, 7) is 0. The molecule has 5 aromatic heterocycles. The Morgan fingerprint density at radius 2 is 0.770 bits per heavy atom. The fraction of sp³-hybridized carbons (Fsp3) is 0.0156. The zero-order chi connectivity index (χ0) is 49.2. The molecule has 0 fully saturated rings. The van der Waals surface area contributed by atoms with Gasteiger partial charge in [0.2, 0.25) is 0 Å². The summed E-state index contributed by atoms with van der Waals surface area (Å²) in [5.41, 5.74) is 5.66. The van der Waals surface area contributed by atoms with E-state index in [-0.39, 0.29) is 11.4 Å². The summed E-state index contributed by atoms with van der Waals surface area (Å²) in [4.78, 5) is 15.5. The Labute approximate surface area is 428 Å². The molecule has 0 aliphatic carbocycles. The van der Waals surface area contributed by atoms with Crippen LogP contribution in [0.1, 0.15) is 5.56 Å². The van der Waals surface area contributed by atoms with E-state index in [4.69, 9.17) is 15.0 Å². The lowest BCUT2D eigenvalue weighted by atomic mass is 9.90. The number of para-hydroxylation sites is 2. The number of hydrogen-bond acceptors (Lipinski definition) is 5. The Bertz CT molecular complexity index is 4720. The third-order valence-electron chi connectivity index (χ3n) is 14.4. The lowest BCUT2D eigenvalue weighted by Gasteiger charge is -2.24. The second kappa shape index (κ2) is 16.3. The van der Waals surface area contributed by atoms with Crippen LogP contribution in [-0.4, -0.2) is 24.1 Å². The largest absolute Gasteiger partial charge is 0.417 e. The quantitative estimate of drug-likeness (QED) is 0.167. The van der Waals surface area contributed by atoms with Crippen molar-refractivity contribution in [3.8, 4) is 56.7 Å². The molecule has 0 atom stereocenters. The highest BCUT2D eigenvalue weighted by Gasteiger charge is 2.38. The summed E-state index contributed by atoms with van der Waals surface area (Å²) in [5, 5.41) is 8.51. The molecule has 0 bridgehead atoms. The summed E-state index contributed by atoms with van der Waals surface area (Å²) in [5.74, 6) is 1.03. The highest BCUT2D eigenvalue weighted by atomic mass is 32.1. The van der Waals surface area contributed by atoms with Gasteiger partial charge in [0.25, 0.3) is 0 Å². The fourth-order valence-electron chi connectivity index (χ4n) is 11.3. The predicted molar refractivity (Wildman–Crippen MR) is 301 cm³/mol. The number of hydrogen-bond donors (Lipinski definition) is 0. The summed E-state index contributed by atoms with van der Waals surface area (Å²) in [7, 11) is 0. The molecule has 10 aromatic carbocycles. The molecule has 0 aliphatic rings. The first kappa shape index (κ1) is 42.7. The van der Waals surface area contributed by atoms with E-state index in [1.54, 1.807) is 22.7 Å². The fourth-order valence-corrected chi connectivity index (χ4v) is 13.8. The van der Waals surface area contributed by atoms with Crippen LogP contribution in [0.3, 0.4) is 0 Å². The molecule has 0 aliphatic heterocycles. The number of thiophene rings is 2. The van der Waals surface area contributed by atoms with Crippen molar-refractivity contribution in [2.45, 2.75) is 6.18 Å². The molecule has 0 spiro atoms. The van der Waals surface area contributed by atoms with E-state index >= 15 is 13.2 Å². The van der Waals surface area contributed by atoms with Gasteiger partial charge >= 0.3 is 6.18 Å². The molecule has 74 heavy (non-hydrogen) atoms. The second-order valence-corrected chi connectivity index (χ2v) is 20.6. The third-order valence-corrected chi connectivity index (χ3v) is 16.8. The minimum absolute atomic E-state index is 0.00139. The van der Waals surface area contributed by atoms with Gasteiger partial charge in [-0.3, -0.25) is 0 Å². The van der Waals surface area contributed by atoms with Crippen molar-refractivity contribution in [2.75, 3.05) is 0 Å². The van der Waals surface area contributed by atoms with Gasteiger partial charge in [0.1, 0.15) is 0 Å². The second-order valence-electron chi connectivity index (χ2n) is 18.5. The van der Waals surface area contributed by atoms with Gasteiger partial charge in [-0.25, -0.2) is 15.0 Å². The van der Waals surface area contributed by atoms with Crippen molar-refractivity contribution in [1.82, 2.24) is 24.1 Å². The van der Waals surface area contributed by atoms with Gasteiger partial charge in [0.15, 0.2) is 17.5 Å². The number of nitrogens with zero attached hydrogens (tertiary/aromatic N) is 5. The smallest absolute Gasteiger partial charge is 0.309 e. The molecule has 350 valence electrons. The summed E-state index contributed by atoms with van der Waals surface area (Å²) in [6.07, 6.45) is -4.80. The first-order valence-electron chi connectivity index (χ1n) is 24.3. The van der Waals surface area contributed by atoms with Gasteiger partial charge in [-0.2, -0.15) is 13.2 Å².